The number of amides is 1. The van der Waals surface area contributed by atoms with Crippen molar-refractivity contribution in [3.05, 3.63) is 18.2 Å². The van der Waals surface area contributed by atoms with Crippen LogP contribution in [0.25, 0.3) is 0 Å². The van der Waals surface area contributed by atoms with Crippen molar-refractivity contribution in [2.75, 3.05) is 32.8 Å². The molecule has 0 saturated carbocycles. The molecule has 4 rings (SSSR count). The number of carbonyl (C=O) groups excluding carboxylic acids is 1. The number of carbonyl (C=O) groups is 1. The van der Waals surface area contributed by atoms with E-state index in [-0.39, 0.29) is 12.0 Å². The third kappa shape index (κ3) is 4.05. The minimum atomic E-state index is -0.468. The predicted octanol–water partition coefficient (Wildman–Crippen LogP) is 1.52. The number of nitrogens with zero attached hydrogens (tertiary/aromatic N) is 3. The lowest BCUT2D eigenvalue weighted by molar-refractivity contribution is -0.174. The van der Waals surface area contributed by atoms with Crippen molar-refractivity contribution in [3.8, 4) is 0 Å². The lowest BCUT2D eigenvalue weighted by Gasteiger charge is -2.45. The van der Waals surface area contributed by atoms with E-state index in [1.54, 1.807) is 0 Å². The van der Waals surface area contributed by atoms with Gasteiger partial charge in [0.15, 0.2) is 6.10 Å². The normalized spacial score (nSPS) is 27.8. The first-order valence-electron chi connectivity index (χ1n) is 10.4. The average molecular weight is 377 g/mol. The lowest BCUT2D eigenvalue weighted by atomic mass is 9.88. The van der Waals surface area contributed by atoms with E-state index in [2.05, 4.69) is 33.6 Å². The summed E-state index contributed by atoms with van der Waals surface area (Å²) in [7, 11) is 0. The SMILES string of the molecule is CC(C)CN1CCC2(CC1)O[C@H](C(=O)NC[C@H]1CCCO1)Cn1ccnc12. The molecule has 0 bridgehead atoms. The molecule has 7 nitrogen and oxygen atoms in total. The van der Waals surface area contributed by atoms with Gasteiger partial charge in [-0.25, -0.2) is 4.98 Å². The average Bonchev–Trinajstić information content (AvgIpc) is 3.33. The predicted molar refractivity (Wildman–Crippen MR) is 101 cm³/mol. The Bertz CT molecular complexity index is 645. The highest BCUT2D eigenvalue weighted by Gasteiger charge is 2.47. The van der Waals surface area contributed by atoms with Crippen molar-refractivity contribution < 1.29 is 14.3 Å². The van der Waals surface area contributed by atoms with Crippen LogP contribution in [0.5, 0.6) is 0 Å². The van der Waals surface area contributed by atoms with Gasteiger partial charge in [-0.2, -0.15) is 0 Å². The van der Waals surface area contributed by atoms with E-state index in [1.807, 2.05) is 12.4 Å². The summed E-state index contributed by atoms with van der Waals surface area (Å²) < 4.78 is 14.2. The Morgan fingerprint density at radius 3 is 2.93 bits per heavy atom. The number of nitrogens with one attached hydrogen (secondary N) is 1. The number of rotatable bonds is 5. The molecule has 2 fully saturated rings. The van der Waals surface area contributed by atoms with Crippen molar-refractivity contribution in [3.63, 3.8) is 0 Å². The smallest absolute Gasteiger partial charge is 0.251 e. The van der Waals surface area contributed by atoms with E-state index in [0.717, 1.165) is 57.7 Å². The van der Waals surface area contributed by atoms with Crippen LogP contribution >= 0.6 is 0 Å². The topological polar surface area (TPSA) is 68.6 Å². The molecule has 1 aromatic heterocycles. The molecule has 0 unspecified atom stereocenters. The van der Waals surface area contributed by atoms with Gasteiger partial charge >= 0.3 is 0 Å². The molecule has 1 spiro atoms. The van der Waals surface area contributed by atoms with Crippen LogP contribution in [0, 0.1) is 5.92 Å². The summed E-state index contributed by atoms with van der Waals surface area (Å²) in [5, 5.41) is 3.04. The second-order valence-corrected chi connectivity index (χ2v) is 8.58. The van der Waals surface area contributed by atoms with Gasteiger partial charge in [0.2, 0.25) is 0 Å². The van der Waals surface area contributed by atoms with Crippen molar-refractivity contribution in [1.29, 1.82) is 0 Å². The molecule has 27 heavy (non-hydrogen) atoms. The Morgan fingerprint density at radius 2 is 2.22 bits per heavy atom. The first kappa shape index (κ1) is 18.9. The van der Waals surface area contributed by atoms with Gasteiger partial charge in [-0.05, 0) is 31.6 Å². The standard InChI is InChI=1S/C20H32N4O3/c1-15(2)13-23-8-5-20(6-9-23)19-21-7-10-24(19)14-17(27-20)18(25)22-12-16-4-3-11-26-16/h7,10,15-17H,3-6,8-9,11-14H2,1-2H3,(H,22,25)/t16-,17+/m1/s1. The van der Waals surface area contributed by atoms with Gasteiger partial charge in [-0.1, -0.05) is 13.8 Å². The summed E-state index contributed by atoms with van der Waals surface area (Å²) in [5.74, 6) is 1.60. The highest BCUT2D eigenvalue weighted by atomic mass is 16.5. The van der Waals surface area contributed by atoms with E-state index < -0.39 is 11.7 Å². The van der Waals surface area contributed by atoms with E-state index in [0.29, 0.717) is 19.0 Å². The minimum absolute atomic E-state index is 0.0335. The summed E-state index contributed by atoms with van der Waals surface area (Å²) in [6, 6.07) is 0. The number of piperidine rings is 1. The Labute approximate surface area is 161 Å². The molecule has 3 aliphatic rings. The maximum absolute atomic E-state index is 12.8. The van der Waals surface area contributed by atoms with Crippen molar-refractivity contribution >= 4 is 5.91 Å². The monoisotopic (exact) mass is 376 g/mol. The zero-order chi connectivity index (χ0) is 18.9. The van der Waals surface area contributed by atoms with E-state index in [1.165, 1.54) is 0 Å². The fraction of sp³-hybridized carbons (Fsp3) is 0.800. The lowest BCUT2D eigenvalue weighted by Crippen LogP contribution is -2.54. The summed E-state index contributed by atoms with van der Waals surface area (Å²) >= 11 is 0. The van der Waals surface area contributed by atoms with Crippen LogP contribution < -0.4 is 5.32 Å². The van der Waals surface area contributed by atoms with E-state index in [4.69, 9.17) is 9.47 Å². The number of aromatic nitrogens is 2. The van der Waals surface area contributed by atoms with Crippen LogP contribution in [-0.4, -0.2) is 65.4 Å². The summed E-state index contributed by atoms with van der Waals surface area (Å²) in [6.07, 6.45) is 7.34. The van der Waals surface area contributed by atoms with Crippen molar-refractivity contribution in [2.45, 2.75) is 63.9 Å². The number of likely N-dealkylation sites (tertiary alicyclic amines) is 1. The third-order valence-electron chi connectivity index (χ3n) is 5.96. The molecule has 1 aromatic rings. The minimum Gasteiger partial charge on any atom is -0.376 e. The molecule has 7 heteroatoms. The number of fused-ring (bicyclic) bond motifs is 2. The summed E-state index contributed by atoms with van der Waals surface area (Å²) in [6.45, 7) is 9.48. The zero-order valence-electron chi connectivity index (χ0n) is 16.5. The van der Waals surface area contributed by atoms with E-state index >= 15 is 0 Å². The van der Waals surface area contributed by atoms with E-state index in [9.17, 15) is 4.79 Å². The number of hydrogen-bond donors (Lipinski definition) is 1. The van der Waals surface area contributed by atoms with Crippen LogP contribution in [-0.2, 0) is 26.4 Å². The van der Waals surface area contributed by atoms with Crippen molar-refractivity contribution in [1.82, 2.24) is 19.8 Å². The van der Waals surface area contributed by atoms with Crippen LogP contribution in [0.1, 0.15) is 45.4 Å². The van der Waals surface area contributed by atoms with Gasteiger partial charge in [0.25, 0.3) is 5.91 Å². The second-order valence-electron chi connectivity index (χ2n) is 8.58. The molecule has 4 heterocycles. The highest BCUT2D eigenvalue weighted by molar-refractivity contribution is 5.81. The zero-order valence-corrected chi connectivity index (χ0v) is 16.5. The van der Waals surface area contributed by atoms with Crippen LogP contribution in [0.2, 0.25) is 0 Å². The summed E-state index contributed by atoms with van der Waals surface area (Å²) in [4.78, 5) is 19.9. The number of ether oxygens (including phenoxy) is 2. The van der Waals surface area contributed by atoms with Crippen LogP contribution in [0.15, 0.2) is 12.4 Å². The molecule has 0 aliphatic carbocycles. The molecule has 3 aliphatic heterocycles. The number of imidazole rings is 1. The Balaban J connectivity index is 1.42. The third-order valence-corrected chi connectivity index (χ3v) is 5.96. The first-order valence-corrected chi connectivity index (χ1v) is 10.4. The van der Waals surface area contributed by atoms with Gasteiger partial charge in [0.1, 0.15) is 11.4 Å². The Kier molecular flexibility index (Phi) is 5.53. The fourth-order valence-corrected chi connectivity index (χ4v) is 4.62. The number of hydrogen-bond acceptors (Lipinski definition) is 5. The molecule has 0 aromatic carbocycles. The molecule has 2 saturated heterocycles. The highest BCUT2D eigenvalue weighted by Crippen LogP contribution is 2.40. The molecule has 1 amide bonds. The van der Waals surface area contributed by atoms with Crippen LogP contribution in [0.3, 0.4) is 0 Å². The van der Waals surface area contributed by atoms with Gasteiger partial charge in [-0.3, -0.25) is 4.79 Å². The van der Waals surface area contributed by atoms with Gasteiger partial charge in [0.05, 0.1) is 12.6 Å². The largest absolute Gasteiger partial charge is 0.376 e. The van der Waals surface area contributed by atoms with Gasteiger partial charge < -0.3 is 24.3 Å². The molecular formula is C20H32N4O3. The first-order chi connectivity index (χ1) is 13.1. The molecule has 1 N–H and O–H groups in total. The quantitative estimate of drug-likeness (QED) is 0.844. The molecule has 150 valence electrons. The summed E-state index contributed by atoms with van der Waals surface area (Å²) in [5.41, 5.74) is -0.443. The maximum Gasteiger partial charge on any atom is 0.251 e. The Hall–Kier alpha value is -1.44. The fourth-order valence-electron chi connectivity index (χ4n) is 4.62. The van der Waals surface area contributed by atoms with Gasteiger partial charge in [0, 0.05) is 45.2 Å². The molecular weight excluding hydrogens is 344 g/mol. The second kappa shape index (κ2) is 7.89. The molecule has 2 atom stereocenters. The van der Waals surface area contributed by atoms with Crippen LogP contribution in [0.4, 0.5) is 0 Å². The maximum atomic E-state index is 12.8. The molecule has 0 radical (unpaired) electrons. The van der Waals surface area contributed by atoms with Crippen molar-refractivity contribution in [2.24, 2.45) is 5.92 Å². The van der Waals surface area contributed by atoms with Gasteiger partial charge in [-0.15, -0.1) is 0 Å². The Morgan fingerprint density at radius 1 is 1.41 bits per heavy atom.